The molecule has 0 radical (unpaired) electrons. The third-order valence-corrected chi connectivity index (χ3v) is 4.79. The van der Waals surface area contributed by atoms with Crippen LogP contribution in [0, 0.1) is 5.41 Å². The molecule has 0 bridgehead atoms. The number of nitrogens with zero attached hydrogens (tertiary/aromatic N) is 1. The number of carbonyl (C=O) groups is 1. The van der Waals surface area contributed by atoms with E-state index in [1.807, 2.05) is 4.90 Å². The molecular formula is C11H20INO. The van der Waals surface area contributed by atoms with Gasteiger partial charge in [0.05, 0.1) is 5.41 Å². The first-order chi connectivity index (χ1) is 6.30. The lowest BCUT2D eigenvalue weighted by molar-refractivity contribution is -0.139. The Morgan fingerprint density at radius 1 is 1.36 bits per heavy atom. The van der Waals surface area contributed by atoms with Crippen LogP contribution in [0.2, 0.25) is 0 Å². The van der Waals surface area contributed by atoms with Gasteiger partial charge in [0.1, 0.15) is 0 Å². The van der Waals surface area contributed by atoms with E-state index in [1.54, 1.807) is 0 Å². The molecule has 2 nitrogen and oxygen atoms in total. The van der Waals surface area contributed by atoms with Gasteiger partial charge in [-0.3, -0.25) is 4.79 Å². The standard InChI is InChI=1S/C11H20INO/c1-7(2)13(8(3)4)10(14)11(5)6-9(11)12/h7-9H,6H2,1-5H3. The summed E-state index contributed by atoms with van der Waals surface area (Å²) in [5, 5.41) is 0. The SMILES string of the molecule is CC(C)N(C(=O)C1(C)CC1I)C(C)C. The Morgan fingerprint density at radius 2 is 1.71 bits per heavy atom. The summed E-state index contributed by atoms with van der Waals surface area (Å²) in [6.45, 7) is 10.4. The summed E-state index contributed by atoms with van der Waals surface area (Å²) >= 11 is 2.38. The lowest BCUT2D eigenvalue weighted by Crippen LogP contribution is -2.45. The van der Waals surface area contributed by atoms with Crippen molar-refractivity contribution in [3.05, 3.63) is 0 Å². The van der Waals surface area contributed by atoms with E-state index >= 15 is 0 Å². The predicted molar refractivity (Wildman–Crippen MR) is 67.7 cm³/mol. The molecule has 14 heavy (non-hydrogen) atoms. The van der Waals surface area contributed by atoms with Crippen molar-refractivity contribution < 1.29 is 4.79 Å². The van der Waals surface area contributed by atoms with E-state index in [0.29, 0.717) is 21.9 Å². The second kappa shape index (κ2) is 3.99. The first-order valence-electron chi connectivity index (χ1n) is 5.27. The number of hydrogen-bond donors (Lipinski definition) is 0. The molecule has 0 N–H and O–H groups in total. The molecule has 0 aromatic rings. The van der Waals surface area contributed by atoms with Crippen molar-refractivity contribution in [3.63, 3.8) is 0 Å². The van der Waals surface area contributed by atoms with Crippen molar-refractivity contribution in [2.24, 2.45) is 5.41 Å². The molecule has 1 aliphatic carbocycles. The number of rotatable bonds is 3. The highest BCUT2D eigenvalue weighted by Gasteiger charge is 2.56. The average molecular weight is 309 g/mol. The molecule has 1 aliphatic rings. The highest BCUT2D eigenvalue weighted by molar-refractivity contribution is 14.1. The van der Waals surface area contributed by atoms with Gasteiger partial charge in [0.15, 0.2) is 0 Å². The highest BCUT2D eigenvalue weighted by atomic mass is 127. The number of halogens is 1. The number of alkyl halides is 1. The third kappa shape index (κ3) is 2.07. The molecule has 1 saturated carbocycles. The minimum Gasteiger partial charge on any atom is -0.337 e. The Balaban J connectivity index is 2.75. The van der Waals surface area contributed by atoms with Crippen LogP contribution in [0.1, 0.15) is 41.0 Å². The molecule has 0 heterocycles. The van der Waals surface area contributed by atoms with Gasteiger partial charge in [0.2, 0.25) is 5.91 Å². The maximum absolute atomic E-state index is 12.2. The van der Waals surface area contributed by atoms with Crippen molar-refractivity contribution >= 4 is 28.5 Å². The molecule has 1 fully saturated rings. The second-order valence-electron chi connectivity index (χ2n) is 4.99. The normalized spacial score (nSPS) is 31.0. The molecule has 2 atom stereocenters. The molecule has 82 valence electrons. The van der Waals surface area contributed by atoms with Crippen LogP contribution in [-0.2, 0) is 4.79 Å². The van der Waals surface area contributed by atoms with Gasteiger partial charge in [-0.1, -0.05) is 22.6 Å². The zero-order valence-electron chi connectivity index (χ0n) is 9.67. The van der Waals surface area contributed by atoms with Crippen molar-refractivity contribution in [2.75, 3.05) is 0 Å². The monoisotopic (exact) mass is 309 g/mol. The van der Waals surface area contributed by atoms with Crippen LogP contribution in [0.3, 0.4) is 0 Å². The van der Waals surface area contributed by atoms with E-state index in [-0.39, 0.29) is 5.41 Å². The maximum atomic E-state index is 12.2. The van der Waals surface area contributed by atoms with Crippen LogP contribution >= 0.6 is 22.6 Å². The lowest BCUT2D eigenvalue weighted by atomic mass is 10.1. The summed E-state index contributed by atoms with van der Waals surface area (Å²) in [4.78, 5) is 14.3. The fourth-order valence-electron chi connectivity index (χ4n) is 1.89. The van der Waals surface area contributed by atoms with Crippen molar-refractivity contribution in [2.45, 2.75) is 57.0 Å². The Kier molecular flexibility index (Phi) is 3.49. The van der Waals surface area contributed by atoms with Crippen LogP contribution in [0.15, 0.2) is 0 Å². The van der Waals surface area contributed by atoms with E-state index in [1.165, 1.54) is 0 Å². The summed E-state index contributed by atoms with van der Waals surface area (Å²) in [7, 11) is 0. The second-order valence-corrected chi connectivity index (χ2v) is 6.49. The van der Waals surface area contributed by atoms with Crippen molar-refractivity contribution in [1.82, 2.24) is 4.90 Å². The largest absolute Gasteiger partial charge is 0.337 e. The van der Waals surface area contributed by atoms with Gasteiger partial charge in [0.25, 0.3) is 0 Å². The van der Waals surface area contributed by atoms with E-state index < -0.39 is 0 Å². The molecule has 0 spiro atoms. The number of amides is 1. The summed E-state index contributed by atoms with van der Waals surface area (Å²) in [5.74, 6) is 0.335. The number of carbonyl (C=O) groups excluding carboxylic acids is 1. The summed E-state index contributed by atoms with van der Waals surface area (Å²) in [5.41, 5.74) is -0.0743. The lowest BCUT2D eigenvalue weighted by Gasteiger charge is -2.33. The molecule has 0 aromatic heterocycles. The van der Waals surface area contributed by atoms with E-state index in [0.717, 1.165) is 6.42 Å². The Labute approximate surface area is 101 Å². The molecule has 1 rings (SSSR count). The first-order valence-corrected chi connectivity index (χ1v) is 6.52. The fourth-order valence-corrected chi connectivity index (χ4v) is 3.08. The van der Waals surface area contributed by atoms with Gasteiger partial charge in [-0.15, -0.1) is 0 Å². The summed E-state index contributed by atoms with van der Waals surface area (Å²) in [6.07, 6.45) is 1.04. The summed E-state index contributed by atoms with van der Waals surface area (Å²) < 4.78 is 0.535. The molecule has 0 saturated heterocycles. The van der Waals surface area contributed by atoms with E-state index in [9.17, 15) is 4.79 Å². The van der Waals surface area contributed by atoms with Gasteiger partial charge < -0.3 is 4.90 Å². The van der Waals surface area contributed by atoms with Crippen LogP contribution in [0.5, 0.6) is 0 Å². The fraction of sp³-hybridized carbons (Fsp3) is 0.909. The minimum absolute atomic E-state index is 0.0743. The average Bonchev–Trinajstić information content (AvgIpc) is 2.59. The van der Waals surface area contributed by atoms with Crippen LogP contribution in [0.25, 0.3) is 0 Å². The van der Waals surface area contributed by atoms with Gasteiger partial charge in [-0.25, -0.2) is 0 Å². The predicted octanol–water partition coefficient (Wildman–Crippen LogP) is 2.85. The molecule has 0 aliphatic heterocycles. The molecule has 0 aromatic carbocycles. The van der Waals surface area contributed by atoms with Gasteiger partial charge in [0, 0.05) is 16.0 Å². The van der Waals surface area contributed by atoms with E-state index in [2.05, 4.69) is 57.2 Å². The van der Waals surface area contributed by atoms with Crippen LogP contribution in [-0.4, -0.2) is 26.8 Å². The molecule has 1 amide bonds. The van der Waals surface area contributed by atoms with Gasteiger partial charge in [-0.05, 0) is 41.0 Å². The van der Waals surface area contributed by atoms with Crippen molar-refractivity contribution in [3.8, 4) is 0 Å². The van der Waals surface area contributed by atoms with Gasteiger partial charge >= 0.3 is 0 Å². The minimum atomic E-state index is -0.0743. The zero-order chi connectivity index (χ0) is 11.1. The Morgan fingerprint density at radius 3 is 1.93 bits per heavy atom. The van der Waals surface area contributed by atoms with Crippen LogP contribution in [0.4, 0.5) is 0 Å². The molecular weight excluding hydrogens is 289 g/mol. The van der Waals surface area contributed by atoms with E-state index in [4.69, 9.17) is 0 Å². The summed E-state index contributed by atoms with van der Waals surface area (Å²) in [6, 6.07) is 0.618. The third-order valence-electron chi connectivity index (χ3n) is 2.97. The maximum Gasteiger partial charge on any atom is 0.230 e. The van der Waals surface area contributed by atoms with Gasteiger partial charge in [-0.2, -0.15) is 0 Å². The highest BCUT2D eigenvalue weighted by Crippen LogP contribution is 2.53. The topological polar surface area (TPSA) is 20.3 Å². The Bertz CT molecular complexity index is 231. The first kappa shape index (κ1) is 12.3. The van der Waals surface area contributed by atoms with Crippen LogP contribution < -0.4 is 0 Å². The van der Waals surface area contributed by atoms with Crippen molar-refractivity contribution in [1.29, 1.82) is 0 Å². The Hall–Kier alpha value is 0.200. The number of hydrogen-bond acceptors (Lipinski definition) is 1. The quantitative estimate of drug-likeness (QED) is 0.580. The molecule has 3 heteroatoms. The smallest absolute Gasteiger partial charge is 0.230 e. The molecule has 2 unspecified atom stereocenters. The zero-order valence-corrected chi connectivity index (χ0v) is 11.8.